The van der Waals surface area contributed by atoms with Crippen LogP contribution < -0.4 is 16.4 Å². The molecule has 0 aliphatic carbocycles. The second-order valence-corrected chi connectivity index (χ2v) is 3.68. The van der Waals surface area contributed by atoms with Gasteiger partial charge in [-0.1, -0.05) is 6.07 Å². The molecule has 0 aliphatic heterocycles. The summed E-state index contributed by atoms with van der Waals surface area (Å²) in [5.74, 6) is -1.60. The van der Waals surface area contributed by atoms with Crippen LogP contribution in [0.1, 0.15) is 22.5 Å². The molecule has 19 heavy (non-hydrogen) atoms. The number of aromatic nitrogens is 1. The van der Waals surface area contributed by atoms with E-state index in [0.29, 0.717) is 5.56 Å². The van der Waals surface area contributed by atoms with Gasteiger partial charge in [0, 0.05) is 25.7 Å². The summed E-state index contributed by atoms with van der Waals surface area (Å²) in [6.45, 7) is 0.368. The molecule has 0 spiro atoms. The topological polar surface area (TPSA) is 134 Å². The molecule has 8 nitrogen and oxygen atoms in total. The van der Waals surface area contributed by atoms with Crippen LogP contribution in [0.25, 0.3) is 0 Å². The summed E-state index contributed by atoms with van der Waals surface area (Å²) in [7, 11) is 0. The Morgan fingerprint density at radius 1 is 1.26 bits per heavy atom. The van der Waals surface area contributed by atoms with Gasteiger partial charge in [-0.2, -0.15) is 0 Å². The van der Waals surface area contributed by atoms with E-state index >= 15 is 0 Å². The lowest BCUT2D eigenvalue weighted by Crippen LogP contribution is -2.36. The molecule has 102 valence electrons. The van der Waals surface area contributed by atoms with Gasteiger partial charge >= 0.3 is 12.0 Å². The first-order valence-electron chi connectivity index (χ1n) is 5.47. The average Bonchev–Trinajstić information content (AvgIpc) is 2.36. The number of amides is 3. The molecule has 1 aromatic rings. The van der Waals surface area contributed by atoms with Crippen molar-refractivity contribution in [2.45, 2.75) is 13.0 Å². The molecule has 1 rings (SSSR count). The molecule has 0 unspecified atom stereocenters. The van der Waals surface area contributed by atoms with Gasteiger partial charge in [0.1, 0.15) is 5.69 Å². The number of pyridine rings is 1. The number of hydrogen-bond acceptors (Lipinski definition) is 4. The van der Waals surface area contributed by atoms with Crippen LogP contribution in [0.15, 0.2) is 18.3 Å². The van der Waals surface area contributed by atoms with E-state index in [9.17, 15) is 14.4 Å². The van der Waals surface area contributed by atoms with Gasteiger partial charge in [0.05, 0.1) is 0 Å². The second kappa shape index (κ2) is 6.94. The van der Waals surface area contributed by atoms with Gasteiger partial charge in [0.15, 0.2) is 0 Å². The summed E-state index contributed by atoms with van der Waals surface area (Å²) in [6, 6.07) is 2.47. The van der Waals surface area contributed by atoms with E-state index in [2.05, 4.69) is 15.6 Å². The van der Waals surface area contributed by atoms with Crippen LogP contribution in [0.4, 0.5) is 4.79 Å². The second-order valence-electron chi connectivity index (χ2n) is 3.68. The highest BCUT2D eigenvalue weighted by molar-refractivity contribution is 5.85. The molecule has 3 amide bonds. The third-order valence-electron chi connectivity index (χ3n) is 2.15. The Balaban J connectivity index is 2.33. The number of carbonyl (C=O) groups excluding carboxylic acids is 2. The quantitative estimate of drug-likeness (QED) is 0.548. The van der Waals surface area contributed by atoms with Crippen molar-refractivity contribution < 1.29 is 19.5 Å². The highest BCUT2D eigenvalue weighted by atomic mass is 16.4. The molecule has 0 atom stereocenters. The van der Waals surface area contributed by atoms with Gasteiger partial charge in [-0.25, -0.2) is 14.6 Å². The summed E-state index contributed by atoms with van der Waals surface area (Å²) >= 11 is 0. The number of hydrogen-bond donors (Lipinski definition) is 4. The number of nitrogens with zero attached hydrogens (tertiary/aromatic N) is 1. The van der Waals surface area contributed by atoms with Crippen molar-refractivity contribution in [1.29, 1.82) is 0 Å². The lowest BCUT2D eigenvalue weighted by Gasteiger charge is -2.06. The van der Waals surface area contributed by atoms with E-state index in [1.807, 2.05) is 0 Å². The summed E-state index contributed by atoms with van der Waals surface area (Å²) in [5, 5.41) is 13.6. The number of carbonyl (C=O) groups is 3. The van der Waals surface area contributed by atoms with Crippen molar-refractivity contribution in [1.82, 2.24) is 15.6 Å². The van der Waals surface area contributed by atoms with Crippen LogP contribution in [-0.4, -0.2) is 34.5 Å². The lowest BCUT2D eigenvalue weighted by atomic mass is 10.2. The van der Waals surface area contributed by atoms with Crippen molar-refractivity contribution in [2.24, 2.45) is 5.73 Å². The number of rotatable bonds is 6. The Morgan fingerprint density at radius 2 is 2.00 bits per heavy atom. The summed E-state index contributed by atoms with van der Waals surface area (Å²) < 4.78 is 0. The van der Waals surface area contributed by atoms with Gasteiger partial charge in [0.25, 0.3) is 0 Å². The Kier molecular flexibility index (Phi) is 5.27. The van der Waals surface area contributed by atoms with Crippen molar-refractivity contribution >= 4 is 17.9 Å². The Hall–Kier alpha value is -2.64. The zero-order chi connectivity index (χ0) is 14.3. The van der Waals surface area contributed by atoms with Gasteiger partial charge in [-0.05, 0) is 11.6 Å². The van der Waals surface area contributed by atoms with E-state index in [4.69, 9.17) is 10.8 Å². The largest absolute Gasteiger partial charge is 0.477 e. The van der Waals surface area contributed by atoms with Crippen LogP contribution in [0, 0.1) is 0 Å². The number of carboxylic acids is 1. The van der Waals surface area contributed by atoms with Crippen LogP contribution in [-0.2, 0) is 11.3 Å². The summed E-state index contributed by atoms with van der Waals surface area (Å²) in [6.07, 6.45) is 1.44. The fourth-order valence-corrected chi connectivity index (χ4v) is 1.20. The smallest absolute Gasteiger partial charge is 0.354 e. The first-order valence-corrected chi connectivity index (χ1v) is 5.47. The normalized spacial score (nSPS) is 9.68. The third kappa shape index (κ3) is 5.48. The molecule has 0 radical (unpaired) electrons. The molecule has 1 heterocycles. The Labute approximate surface area is 109 Å². The number of nitrogens with one attached hydrogen (secondary N) is 2. The molecular weight excluding hydrogens is 252 g/mol. The van der Waals surface area contributed by atoms with E-state index in [0.717, 1.165) is 0 Å². The van der Waals surface area contributed by atoms with Crippen molar-refractivity contribution in [2.75, 3.05) is 6.54 Å². The number of urea groups is 1. The maximum Gasteiger partial charge on any atom is 0.354 e. The Morgan fingerprint density at radius 3 is 2.53 bits per heavy atom. The predicted molar refractivity (Wildman–Crippen MR) is 65.2 cm³/mol. The van der Waals surface area contributed by atoms with Crippen LogP contribution in [0.3, 0.4) is 0 Å². The standard InChI is InChI=1S/C11H14N4O4/c12-9(16)3-4-13-11(19)15-6-7-1-2-8(10(17)18)14-5-7/h1-2,5H,3-4,6H2,(H2,12,16)(H,17,18)(H2,13,15,19). The van der Waals surface area contributed by atoms with E-state index in [1.54, 1.807) is 6.07 Å². The van der Waals surface area contributed by atoms with Crippen LogP contribution >= 0.6 is 0 Å². The molecule has 5 N–H and O–H groups in total. The number of carboxylic acid groups (broad SMARTS) is 1. The zero-order valence-corrected chi connectivity index (χ0v) is 10.0. The molecule has 0 fully saturated rings. The summed E-state index contributed by atoms with van der Waals surface area (Å²) in [4.78, 5) is 36.0. The fourth-order valence-electron chi connectivity index (χ4n) is 1.20. The molecule has 1 aromatic heterocycles. The third-order valence-corrected chi connectivity index (χ3v) is 2.15. The first-order chi connectivity index (χ1) is 8.99. The number of nitrogens with two attached hydrogens (primary N) is 1. The van der Waals surface area contributed by atoms with Crippen molar-refractivity contribution in [3.8, 4) is 0 Å². The van der Waals surface area contributed by atoms with Crippen molar-refractivity contribution in [3.63, 3.8) is 0 Å². The minimum Gasteiger partial charge on any atom is -0.477 e. The molecule has 0 aliphatic rings. The maximum atomic E-state index is 11.3. The number of primary amides is 1. The Bertz CT molecular complexity index is 472. The molecule has 0 bridgehead atoms. The molecule has 0 aromatic carbocycles. The minimum absolute atomic E-state index is 0.0605. The maximum absolute atomic E-state index is 11.3. The van der Waals surface area contributed by atoms with Gasteiger partial charge in [-0.3, -0.25) is 4.79 Å². The fraction of sp³-hybridized carbons (Fsp3) is 0.273. The monoisotopic (exact) mass is 266 g/mol. The highest BCUT2D eigenvalue weighted by Gasteiger charge is 2.05. The molecule has 0 saturated heterocycles. The molecular formula is C11H14N4O4. The SMILES string of the molecule is NC(=O)CCNC(=O)NCc1ccc(C(=O)O)nc1. The minimum atomic E-state index is -1.11. The summed E-state index contributed by atoms with van der Waals surface area (Å²) in [5.41, 5.74) is 5.52. The van der Waals surface area contributed by atoms with Gasteiger partial charge in [0.2, 0.25) is 5.91 Å². The molecule has 0 saturated carbocycles. The predicted octanol–water partition coefficient (Wildman–Crippen LogP) is -0.546. The number of aromatic carboxylic acids is 1. The van der Waals surface area contributed by atoms with Crippen LogP contribution in [0.5, 0.6) is 0 Å². The molecule has 8 heteroatoms. The lowest BCUT2D eigenvalue weighted by molar-refractivity contribution is -0.117. The first kappa shape index (κ1) is 14.4. The van der Waals surface area contributed by atoms with Gasteiger partial charge < -0.3 is 21.5 Å². The van der Waals surface area contributed by atoms with E-state index in [1.165, 1.54) is 12.3 Å². The van der Waals surface area contributed by atoms with E-state index < -0.39 is 17.9 Å². The van der Waals surface area contributed by atoms with Crippen molar-refractivity contribution in [3.05, 3.63) is 29.6 Å². The average molecular weight is 266 g/mol. The van der Waals surface area contributed by atoms with Crippen LogP contribution in [0.2, 0.25) is 0 Å². The van der Waals surface area contributed by atoms with E-state index in [-0.39, 0.29) is 25.2 Å². The zero-order valence-electron chi connectivity index (χ0n) is 10.0. The van der Waals surface area contributed by atoms with Gasteiger partial charge in [-0.15, -0.1) is 0 Å². The highest BCUT2D eigenvalue weighted by Crippen LogP contribution is 1.99.